The molecule has 0 bridgehead atoms. The summed E-state index contributed by atoms with van der Waals surface area (Å²) in [4.78, 5) is 12.3. The Kier molecular flexibility index (Phi) is 3.40. The number of hydrogen-bond acceptors (Lipinski definition) is 1. The minimum absolute atomic E-state index is 0.369. The van der Waals surface area contributed by atoms with E-state index >= 15 is 0 Å². The Morgan fingerprint density at radius 2 is 1.53 bits per heavy atom. The highest BCUT2D eigenvalue weighted by atomic mass is 19.4. The Labute approximate surface area is 93.6 Å². The average Bonchev–Trinajstić information content (AvgIpc) is 2.12. The van der Waals surface area contributed by atoms with Crippen LogP contribution < -0.4 is 0 Å². The number of carbonyl (C=O) groups excluding carboxylic acids is 1. The zero-order chi connectivity index (χ0) is 13.4. The Hall–Kier alpha value is -1.66. The van der Waals surface area contributed by atoms with Crippen LogP contribution in [0, 0.1) is 11.6 Å². The smallest absolute Gasteiger partial charge is 0.345 e. The third kappa shape index (κ3) is 2.72. The fourth-order valence-corrected chi connectivity index (χ4v) is 1.23. The van der Waals surface area contributed by atoms with Gasteiger partial charge in [-0.05, 0) is 12.1 Å². The van der Waals surface area contributed by atoms with Crippen LogP contribution in [-0.4, -0.2) is 24.9 Å². The summed E-state index contributed by atoms with van der Waals surface area (Å²) in [5.41, 5.74) is -2.47. The number of halogens is 5. The predicted octanol–water partition coefficient (Wildman–Crippen LogP) is 2.69. The van der Waals surface area contributed by atoms with Crippen LogP contribution in [-0.2, 0) is 6.18 Å². The van der Waals surface area contributed by atoms with Crippen LogP contribution >= 0.6 is 0 Å². The molecule has 0 aliphatic carbocycles. The van der Waals surface area contributed by atoms with Gasteiger partial charge in [0, 0.05) is 19.7 Å². The number of alkyl halides is 3. The van der Waals surface area contributed by atoms with Gasteiger partial charge in [-0.3, -0.25) is 4.79 Å². The first-order valence-corrected chi connectivity index (χ1v) is 4.42. The maximum absolute atomic E-state index is 13.1. The molecular formula is C10H8F5NO. The van der Waals surface area contributed by atoms with Gasteiger partial charge >= 0.3 is 6.18 Å². The van der Waals surface area contributed by atoms with E-state index in [-0.39, 0.29) is 0 Å². The zero-order valence-electron chi connectivity index (χ0n) is 8.90. The molecule has 1 aromatic carbocycles. The molecule has 0 saturated carbocycles. The molecule has 2 nitrogen and oxygen atoms in total. The fourth-order valence-electron chi connectivity index (χ4n) is 1.23. The first-order valence-electron chi connectivity index (χ1n) is 4.42. The number of rotatable bonds is 1. The lowest BCUT2D eigenvalue weighted by Gasteiger charge is -2.13. The molecule has 1 amide bonds. The van der Waals surface area contributed by atoms with E-state index in [4.69, 9.17) is 0 Å². The highest BCUT2D eigenvalue weighted by Gasteiger charge is 2.38. The van der Waals surface area contributed by atoms with E-state index in [1.165, 1.54) is 14.1 Å². The summed E-state index contributed by atoms with van der Waals surface area (Å²) in [5, 5.41) is 0. The van der Waals surface area contributed by atoms with Gasteiger partial charge in [-0.15, -0.1) is 0 Å². The normalized spacial score (nSPS) is 11.5. The van der Waals surface area contributed by atoms with Gasteiger partial charge in [-0.1, -0.05) is 0 Å². The summed E-state index contributed by atoms with van der Waals surface area (Å²) in [6.07, 6.45) is -5.13. The van der Waals surface area contributed by atoms with Gasteiger partial charge in [0.25, 0.3) is 5.91 Å². The number of nitrogens with zero attached hydrogens (tertiary/aromatic N) is 1. The first kappa shape index (κ1) is 13.4. The van der Waals surface area contributed by atoms with E-state index in [2.05, 4.69) is 0 Å². The molecule has 0 aromatic heterocycles. The van der Waals surface area contributed by atoms with E-state index in [0.717, 1.165) is 4.90 Å². The molecule has 0 heterocycles. The second kappa shape index (κ2) is 4.31. The summed E-state index contributed by atoms with van der Waals surface area (Å²) in [7, 11) is 2.63. The molecule has 0 N–H and O–H groups in total. The molecule has 1 rings (SSSR count). The number of carbonyl (C=O) groups is 1. The van der Waals surface area contributed by atoms with E-state index in [0.29, 0.717) is 12.1 Å². The number of hydrogen-bond donors (Lipinski definition) is 0. The van der Waals surface area contributed by atoms with Gasteiger partial charge in [0.05, 0.1) is 0 Å². The largest absolute Gasteiger partial charge is 0.422 e. The molecule has 0 radical (unpaired) electrons. The van der Waals surface area contributed by atoms with Crippen molar-refractivity contribution in [2.24, 2.45) is 0 Å². The van der Waals surface area contributed by atoms with Crippen LogP contribution in [0.4, 0.5) is 22.0 Å². The third-order valence-corrected chi connectivity index (χ3v) is 1.98. The highest BCUT2D eigenvalue weighted by molar-refractivity contribution is 5.94. The lowest BCUT2D eigenvalue weighted by molar-refractivity contribution is -0.142. The van der Waals surface area contributed by atoms with Crippen molar-refractivity contribution in [2.45, 2.75) is 6.18 Å². The first-order chi connectivity index (χ1) is 7.64. The Balaban J connectivity index is 3.33. The van der Waals surface area contributed by atoms with Crippen LogP contribution in [0.15, 0.2) is 12.1 Å². The number of amides is 1. The van der Waals surface area contributed by atoms with Crippen molar-refractivity contribution >= 4 is 5.91 Å². The minimum atomic E-state index is -5.13. The monoisotopic (exact) mass is 253 g/mol. The van der Waals surface area contributed by atoms with Crippen molar-refractivity contribution in [1.29, 1.82) is 0 Å². The second-order valence-electron chi connectivity index (χ2n) is 3.51. The lowest BCUT2D eigenvalue weighted by atomic mass is 10.1. The second-order valence-corrected chi connectivity index (χ2v) is 3.51. The van der Waals surface area contributed by atoms with Gasteiger partial charge in [0.2, 0.25) is 0 Å². The summed E-state index contributed by atoms with van der Waals surface area (Å²) >= 11 is 0. The molecule has 0 atom stereocenters. The quantitative estimate of drug-likeness (QED) is 0.704. The van der Waals surface area contributed by atoms with Gasteiger partial charge in [-0.2, -0.15) is 13.2 Å². The summed E-state index contributed by atoms with van der Waals surface area (Å²) in [5.74, 6) is -4.39. The molecule has 0 aliphatic rings. The molecule has 0 saturated heterocycles. The van der Waals surface area contributed by atoms with E-state index in [9.17, 15) is 26.7 Å². The van der Waals surface area contributed by atoms with Crippen LogP contribution in [0.1, 0.15) is 15.9 Å². The SMILES string of the molecule is CN(C)C(=O)c1cc(F)c(C(F)(F)F)c(F)c1. The van der Waals surface area contributed by atoms with Crippen LogP contribution in [0.5, 0.6) is 0 Å². The molecule has 0 aliphatic heterocycles. The standard InChI is InChI=1S/C10H8F5NO/c1-16(2)9(17)5-3-6(11)8(7(12)4-5)10(13,14)15/h3-4H,1-2H3. The van der Waals surface area contributed by atoms with Crippen molar-refractivity contribution in [3.63, 3.8) is 0 Å². The van der Waals surface area contributed by atoms with Gasteiger partial charge in [0.15, 0.2) is 0 Å². The highest BCUT2D eigenvalue weighted by Crippen LogP contribution is 2.34. The minimum Gasteiger partial charge on any atom is -0.345 e. The molecule has 0 unspecified atom stereocenters. The van der Waals surface area contributed by atoms with Gasteiger partial charge in [-0.25, -0.2) is 8.78 Å². The molecule has 94 valence electrons. The maximum atomic E-state index is 13.1. The maximum Gasteiger partial charge on any atom is 0.422 e. The van der Waals surface area contributed by atoms with Crippen LogP contribution in [0.3, 0.4) is 0 Å². The Bertz CT molecular complexity index is 429. The number of benzene rings is 1. The molecule has 17 heavy (non-hydrogen) atoms. The summed E-state index contributed by atoms with van der Waals surface area (Å²) in [6.45, 7) is 0. The average molecular weight is 253 g/mol. The van der Waals surface area contributed by atoms with Crippen LogP contribution in [0.25, 0.3) is 0 Å². The summed E-state index contributed by atoms with van der Waals surface area (Å²) in [6, 6.07) is 0.739. The van der Waals surface area contributed by atoms with E-state index in [1.54, 1.807) is 0 Å². The van der Waals surface area contributed by atoms with Crippen molar-refractivity contribution in [2.75, 3.05) is 14.1 Å². The summed E-state index contributed by atoms with van der Waals surface area (Å²) < 4.78 is 62.9. The predicted molar refractivity (Wildman–Crippen MR) is 49.4 cm³/mol. The van der Waals surface area contributed by atoms with Crippen molar-refractivity contribution < 1.29 is 26.7 Å². The molecule has 1 aromatic rings. The third-order valence-electron chi connectivity index (χ3n) is 1.98. The topological polar surface area (TPSA) is 20.3 Å². The van der Waals surface area contributed by atoms with E-state index in [1.807, 2.05) is 0 Å². The van der Waals surface area contributed by atoms with Crippen molar-refractivity contribution in [3.8, 4) is 0 Å². The van der Waals surface area contributed by atoms with Crippen LogP contribution in [0.2, 0.25) is 0 Å². The van der Waals surface area contributed by atoms with Gasteiger partial charge in [0.1, 0.15) is 17.2 Å². The molecular weight excluding hydrogens is 245 g/mol. The molecule has 0 fully saturated rings. The van der Waals surface area contributed by atoms with E-state index < -0.39 is 34.8 Å². The molecule has 7 heteroatoms. The molecule has 0 spiro atoms. The Morgan fingerprint density at radius 3 is 1.82 bits per heavy atom. The fraction of sp³-hybridized carbons (Fsp3) is 0.300. The van der Waals surface area contributed by atoms with Crippen molar-refractivity contribution in [3.05, 3.63) is 34.9 Å². The zero-order valence-corrected chi connectivity index (χ0v) is 8.90. The van der Waals surface area contributed by atoms with Gasteiger partial charge < -0.3 is 4.90 Å². The lowest BCUT2D eigenvalue weighted by Crippen LogP contribution is -2.23. The van der Waals surface area contributed by atoms with Crippen molar-refractivity contribution in [1.82, 2.24) is 4.90 Å². The Morgan fingerprint density at radius 1 is 1.12 bits per heavy atom.